The lowest BCUT2D eigenvalue weighted by Crippen LogP contribution is -2.09. The molecule has 3 aromatic rings. The zero-order valence-electron chi connectivity index (χ0n) is 16.7. The van der Waals surface area contributed by atoms with Gasteiger partial charge in [-0.15, -0.1) is 0 Å². The Morgan fingerprint density at radius 3 is 1.82 bits per heavy atom. The molecular weight excluding hydrogens is 538 g/mol. The maximum absolute atomic E-state index is 11.7. The summed E-state index contributed by atoms with van der Waals surface area (Å²) in [6.45, 7) is 1.43. The van der Waals surface area contributed by atoms with Gasteiger partial charge in [0.2, 0.25) is 17.2 Å². The molecule has 182 valence electrons. The van der Waals surface area contributed by atoms with E-state index in [0.29, 0.717) is 0 Å². The van der Waals surface area contributed by atoms with Crippen molar-refractivity contribution < 1.29 is 38.9 Å². The fraction of sp³-hybridized carbons (Fsp3) is 0.0625. The summed E-state index contributed by atoms with van der Waals surface area (Å²) in [5.41, 5.74) is -0.0184. The Hall–Kier alpha value is -2.93. The first kappa shape index (κ1) is 25.7. The normalized spacial score (nSPS) is 12.4. The Kier molecular flexibility index (Phi) is 6.82. The first-order chi connectivity index (χ1) is 15.5. The van der Waals surface area contributed by atoms with Gasteiger partial charge in [0.15, 0.2) is 0 Å². The Morgan fingerprint density at radius 2 is 1.29 bits per heavy atom. The van der Waals surface area contributed by atoms with Crippen molar-refractivity contribution in [1.29, 1.82) is 0 Å². The number of benzene rings is 2. The van der Waals surface area contributed by atoms with Crippen LogP contribution in [0.25, 0.3) is 0 Å². The molecule has 0 aliphatic carbocycles. The lowest BCUT2D eigenvalue weighted by atomic mass is 10.2. The molecule has 5 N–H and O–H groups in total. The Labute approximate surface area is 198 Å². The van der Waals surface area contributed by atoms with Crippen molar-refractivity contribution in [2.45, 2.75) is 21.6 Å². The van der Waals surface area contributed by atoms with Crippen molar-refractivity contribution in [3.05, 3.63) is 47.2 Å². The van der Waals surface area contributed by atoms with Crippen molar-refractivity contribution in [1.82, 2.24) is 15.0 Å². The number of nitrogens with zero attached hydrogens (tertiary/aromatic N) is 3. The van der Waals surface area contributed by atoms with Crippen LogP contribution in [0.1, 0.15) is 5.56 Å². The highest BCUT2D eigenvalue weighted by Crippen LogP contribution is 2.28. The topological polar surface area (TPSA) is 226 Å². The van der Waals surface area contributed by atoms with Crippen LogP contribution in [0.3, 0.4) is 0 Å². The summed E-state index contributed by atoms with van der Waals surface area (Å²) in [6.07, 6.45) is 0. The SMILES string of the molecule is Cc1cc(Nc2nc(Cl)nc(Nc3cc(S(=O)(=O)O)ccc3S(=O)(=O)O)n2)ccc1S(=O)(=O)O. The fourth-order valence-electron chi connectivity index (χ4n) is 2.72. The molecule has 0 saturated carbocycles. The monoisotopic (exact) mass is 551 g/mol. The number of hydrogen-bond donors (Lipinski definition) is 5. The molecule has 0 atom stereocenters. The molecule has 1 heterocycles. The summed E-state index contributed by atoms with van der Waals surface area (Å²) in [6, 6.07) is 6.01. The largest absolute Gasteiger partial charge is 0.324 e. The molecule has 34 heavy (non-hydrogen) atoms. The summed E-state index contributed by atoms with van der Waals surface area (Å²) in [7, 11) is -14.0. The van der Waals surface area contributed by atoms with Gasteiger partial charge in [0.1, 0.15) is 4.90 Å². The molecule has 0 fully saturated rings. The van der Waals surface area contributed by atoms with Crippen molar-refractivity contribution >= 4 is 65.2 Å². The van der Waals surface area contributed by atoms with Crippen LogP contribution in [-0.4, -0.2) is 53.9 Å². The zero-order valence-corrected chi connectivity index (χ0v) is 19.9. The van der Waals surface area contributed by atoms with E-state index in [1.54, 1.807) is 0 Å². The van der Waals surface area contributed by atoms with Crippen molar-refractivity contribution in [3.8, 4) is 0 Å². The van der Waals surface area contributed by atoms with E-state index in [-0.39, 0.29) is 33.3 Å². The molecule has 0 radical (unpaired) electrons. The van der Waals surface area contributed by atoms with Crippen molar-refractivity contribution in [2.24, 2.45) is 0 Å². The van der Waals surface area contributed by atoms with Crippen LogP contribution in [0.4, 0.5) is 23.3 Å². The number of aryl methyl sites for hydroxylation is 1. The van der Waals surface area contributed by atoms with Gasteiger partial charge in [-0.1, -0.05) is 0 Å². The number of nitrogens with one attached hydrogen (secondary N) is 2. The van der Waals surface area contributed by atoms with Gasteiger partial charge in [0, 0.05) is 5.69 Å². The summed E-state index contributed by atoms with van der Waals surface area (Å²) in [5, 5.41) is 4.71. The van der Waals surface area contributed by atoms with E-state index in [1.165, 1.54) is 19.1 Å². The molecule has 18 heteroatoms. The van der Waals surface area contributed by atoms with Crippen LogP contribution in [0.5, 0.6) is 0 Å². The second-order valence-corrected chi connectivity index (χ2v) is 11.1. The van der Waals surface area contributed by atoms with Gasteiger partial charge in [-0.25, -0.2) is 0 Å². The Morgan fingerprint density at radius 1 is 0.735 bits per heavy atom. The van der Waals surface area contributed by atoms with Gasteiger partial charge in [0.25, 0.3) is 30.4 Å². The van der Waals surface area contributed by atoms with E-state index in [0.717, 1.165) is 24.3 Å². The average molecular weight is 552 g/mol. The molecule has 0 aliphatic rings. The average Bonchev–Trinajstić information content (AvgIpc) is 2.65. The molecule has 0 saturated heterocycles. The minimum absolute atomic E-state index is 0.194. The fourth-order valence-corrected chi connectivity index (χ4v) is 4.72. The van der Waals surface area contributed by atoms with Gasteiger partial charge in [-0.2, -0.15) is 40.2 Å². The zero-order chi connectivity index (χ0) is 25.5. The lowest BCUT2D eigenvalue weighted by molar-refractivity contribution is 0.479. The lowest BCUT2D eigenvalue weighted by Gasteiger charge is -2.12. The van der Waals surface area contributed by atoms with Crippen molar-refractivity contribution in [2.75, 3.05) is 10.6 Å². The Bertz CT molecular complexity index is 1610. The molecular formula is C16H14ClN5O9S3. The van der Waals surface area contributed by atoms with E-state index in [2.05, 4.69) is 25.6 Å². The highest BCUT2D eigenvalue weighted by Gasteiger charge is 2.21. The summed E-state index contributed by atoms with van der Waals surface area (Å²) >= 11 is 5.87. The minimum atomic E-state index is -4.83. The molecule has 14 nitrogen and oxygen atoms in total. The Balaban J connectivity index is 2.00. The summed E-state index contributed by atoms with van der Waals surface area (Å²) < 4.78 is 96.7. The summed E-state index contributed by atoms with van der Waals surface area (Å²) in [5.74, 6) is -0.577. The number of rotatable bonds is 7. The van der Waals surface area contributed by atoms with E-state index in [1.807, 2.05) is 0 Å². The molecule has 0 bridgehead atoms. The molecule has 0 unspecified atom stereocenters. The number of anilines is 4. The van der Waals surface area contributed by atoms with E-state index < -0.39 is 45.8 Å². The third kappa shape index (κ3) is 6.14. The van der Waals surface area contributed by atoms with Gasteiger partial charge < -0.3 is 10.6 Å². The number of halogens is 1. The predicted molar refractivity (Wildman–Crippen MR) is 118 cm³/mol. The van der Waals surface area contributed by atoms with E-state index in [4.69, 9.17) is 11.6 Å². The third-order valence-corrected chi connectivity index (χ3v) is 7.03. The second-order valence-electron chi connectivity index (χ2n) is 6.57. The minimum Gasteiger partial charge on any atom is -0.324 e. The van der Waals surface area contributed by atoms with Gasteiger partial charge in [-0.05, 0) is 60.5 Å². The molecule has 0 aliphatic heterocycles. The van der Waals surface area contributed by atoms with Crippen LogP contribution in [-0.2, 0) is 30.4 Å². The maximum Gasteiger partial charge on any atom is 0.296 e. The molecule has 2 aromatic carbocycles. The van der Waals surface area contributed by atoms with Crippen LogP contribution < -0.4 is 10.6 Å². The highest BCUT2D eigenvalue weighted by molar-refractivity contribution is 7.86. The van der Waals surface area contributed by atoms with Crippen LogP contribution in [0.2, 0.25) is 5.28 Å². The quantitative estimate of drug-likeness (QED) is 0.265. The molecule has 3 rings (SSSR count). The van der Waals surface area contributed by atoms with E-state index in [9.17, 15) is 38.9 Å². The predicted octanol–water partition coefficient (Wildman–Crippen LogP) is 2.06. The van der Waals surface area contributed by atoms with Gasteiger partial charge >= 0.3 is 0 Å². The summed E-state index contributed by atoms with van der Waals surface area (Å²) in [4.78, 5) is 9.77. The molecule has 1 aromatic heterocycles. The van der Waals surface area contributed by atoms with E-state index >= 15 is 0 Å². The van der Waals surface area contributed by atoms with Crippen molar-refractivity contribution in [3.63, 3.8) is 0 Å². The number of hydrogen-bond acceptors (Lipinski definition) is 11. The first-order valence-electron chi connectivity index (χ1n) is 8.67. The molecule has 0 spiro atoms. The second kappa shape index (κ2) is 9.02. The van der Waals surface area contributed by atoms with Crippen LogP contribution in [0.15, 0.2) is 51.1 Å². The first-order valence-corrected chi connectivity index (χ1v) is 13.4. The maximum atomic E-state index is 11.7. The third-order valence-electron chi connectivity index (χ3n) is 4.09. The standard InChI is InChI=1S/C16H14ClN5O9S3/c1-8-6-9(2-4-12(8)33(26,27)28)18-15-20-14(17)21-16(22-15)19-11-7-10(32(23,24)25)3-5-13(11)34(29,30)31/h2-7H,1H3,(H,23,24,25)(H,26,27,28)(H,29,30,31)(H2,18,19,20,21,22). The van der Waals surface area contributed by atoms with Crippen LogP contribution >= 0.6 is 11.6 Å². The number of aromatic nitrogens is 3. The van der Waals surface area contributed by atoms with Gasteiger partial charge in [0.05, 0.1) is 15.5 Å². The van der Waals surface area contributed by atoms with Crippen LogP contribution in [0, 0.1) is 6.92 Å². The molecule has 0 amide bonds. The van der Waals surface area contributed by atoms with Gasteiger partial charge in [-0.3, -0.25) is 13.7 Å². The smallest absolute Gasteiger partial charge is 0.296 e. The highest BCUT2D eigenvalue weighted by atomic mass is 35.5.